The molecule has 0 radical (unpaired) electrons. The molecule has 0 spiro atoms. The van der Waals surface area contributed by atoms with Crippen molar-refractivity contribution >= 4 is 63.1 Å². The predicted molar refractivity (Wildman–Crippen MR) is 154 cm³/mol. The van der Waals surface area contributed by atoms with Gasteiger partial charge in [0.15, 0.2) is 0 Å². The van der Waals surface area contributed by atoms with Crippen molar-refractivity contribution in [1.29, 1.82) is 0 Å². The fourth-order valence-electron chi connectivity index (χ4n) is 4.28. The molecule has 1 heterocycles. The van der Waals surface area contributed by atoms with Crippen LogP contribution in [0.2, 0.25) is 0 Å². The Morgan fingerprint density at radius 3 is 2.35 bits per heavy atom. The van der Waals surface area contributed by atoms with Crippen LogP contribution in [0.15, 0.2) is 102 Å². The normalized spacial score (nSPS) is 13.1. The van der Waals surface area contributed by atoms with Crippen LogP contribution in [0, 0.1) is 0 Å². The van der Waals surface area contributed by atoms with Gasteiger partial charge in [-0.3, -0.25) is 14.4 Å². The van der Waals surface area contributed by atoms with Crippen LogP contribution in [-0.4, -0.2) is 30.3 Å². The molecule has 5 rings (SSSR count). The molecule has 40 heavy (non-hydrogen) atoms. The van der Waals surface area contributed by atoms with Crippen molar-refractivity contribution in [2.75, 3.05) is 22.1 Å². The maximum absolute atomic E-state index is 13.2. The lowest BCUT2D eigenvalue weighted by molar-refractivity contribution is -0.120. The Kier molecular flexibility index (Phi) is 7.61. The van der Waals surface area contributed by atoms with Gasteiger partial charge in [-0.25, -0.2) is 9.69 Å². The molecule has 0 fully saturated rings. The van der Waals surface area contributed by atoms with Crippen molar-refractivity contribution in [2.24, 2.45) is 0 Å². The third-order valence-corrected chi connectivity index (χ3v) is 6.61. The summed E-state index contributed by atoms with van der Waals surface area (Å²) in [6, 6.07) is 25.8. The van der Waals surface area contributed by atoms with Gasteiger partial charge in [-0.15, -0.1) is 0 Å². The van der Waals surface area contributed by atoms with Gasteiger partial charge in [-0.2, -0.15) is 0 Å². The van der Waals surface area contributed by atoms with Crippen LogP contribution in [0.1, 0.15) is 34.1 Å². The van der Waals surface area contributed by atoms with Crippen molar-refractivity contribution in [3.05, 3.63) is 113 Å². The van der Waals surface area contributed by atoms with Crippen molar-refractivity contribution < 1.29 is 23.9 Å². The number of imide groups is 1. The largest absolute Gasteiger partial charge is 0.462 e. The van der Waals surface area contributed by atoms with Crippen molar-refractivity contribution in [3.8, 4) is 0 Å². The van der Waals surface area contributed by atoms with Crippen LogP contribution in [0.25, 0.3) is 10.8 Å². The Morgan fingerprint density at radius 2 is 1.57 bits per heavy atom. The van der Waals surface area contributed by atoms with E-state index in [2.05, 4.69) is 10.6 Å². The van der Waals surface area contributed by atoms with Gasteiger partial charge in [0, 0.05) is 22.3 Å². The van der Waals surface area contributed by atoms with E-state index in [1.807, 2.05) is 49.4 Å². The monoisotopic (exact) mass is 553 g/mol. The van der Waals surface area contributed by atoms with Crippen molar-refractivity contribution in [1.82, 2.24) is 0 Å². The van der Waals surface area contributed by atoms with E-state index in [4.69, 9.17) is 16.3 Å². The molecule has 0 aromatic heterocycles. The van der Waals surface area contributed by atoms with Gasteiger partial charge in [-0.05, 0) is 60.3 Å². The van der Waals surface area contributed by atoms with E-state index < -0.39 is 17.8 Å². The van der Waals surface area contributed by atoms with Gasteiger partial charge >= 0.3 is 5.97 Å². The van der Waals surface area contributed by atoms with Crippen LogP contribution in [0.4, 0.5) is 17.1 Å². The van der Waals surface area contributed by atoms with Crippen molar-refractivity contribution in [2.45, 2.75) is 13.3 Å². The highest BCUT2D eigenvalue weighted by atomic mass is 35.5. The second-order valence-corrected chi connectivity index (χ2v) is 9.38. The minimum Gasteiger partial charge on any atom is -0.462 e. The van der Waals surface area contributed by atoms with Gasteiger partial charge in [0.25, 0.3) is 17.7 Å². The van der Waals surface area contributed by atoms with Crippen LogP contribution in [0.3, 0.4) is 0 Å². The van der Waals surface area contributed by atoms with Gasteiger partial charge < -0.3 is 15.4 Å². The highest BCUT2D eigenvalue weighted by molar-refractivity contribution is 6.53. The summed E-state index contributed by atoms with van der Waals surface area (Å²) >= 11 is 6.27. The van der Waals surface area contributed by atoms with Crippen LogP contribution >= 0.6 is 11.6 Å². The molecule has 0 unspecified atom stereocenters. The quantitative estimate of drug-likeness (QED) is 0.202. The number of hydrogen-bond donors (Lipinski definition) is 2. The molecular formula is C31H24ClN3O5. The Hall–Kier alpha value is -4.95. The van der Waals surface area contributed by atoms with E-state index in [0.717, 1.165) is 15.7 Å². The van der Waals surface area contributed by atoms with Gasteiger partial charge in [0.2, 0.25) is 0 Å². The first-order chi connectivity index (χ1) is 19.4. The first-order valence-electron chi connectivity index (χ1n) is 12.6. The Morgan fingerprint density at radius 1 is 0.850 bits per heavy atom. The minimum absolute atomic E-state index is 0.121. The molecule has 3 amide bonds. The average molecular weight is 554 g/mol. The highest BCUT2D eigenvalue weighted by Gasteiger charge is 2.39. The summed E-state index contributed by atoms with van der Waals surface area (Å²) in [5, 5.41) is 7.44. The molecule has 0 saturated carbocycles. The topological polar surface area (TPSA) is 105 Å². The highest BCUT2D eigenvalue weighted by Crippen LogP contribution is 2.31. The summed E-state index contributed by atoms with van der Waals surface area (Å²) < 4.78 is 5.11. The molecule has 8 nitrogen and oxygen atoms in total. The lowest BCUT2D eigenvalue weighted by atomic mass is 10.1. The summed E-state index contributed by atoms with van der Waals surface area (Å²) in [6.45, 7) is 2.19. The third kappa shape index (κ3) is 5.30. The number of halogens is 1. The van der Waals surface area contributed by atoms with E-state index in [0.29, 0.717) is 35.5 Å². The summed E-state index contributed by atoms with van der Waals surface area (Å²) in [7, 11) is 0. The summed E-state index contributed by atoms with van der Waals surface area (Å²) in [6.07, 6.45) is 0.693. The lowest BCUT2D eigenvalue weighted by Gasteiger charge is -2.15. The second kappa shape index (κ2) is 11.4. The number of nitrogens with one attached hydrogen (secondary N) is 2. The number of fused-ring (bicyclic) bond motifs is 1. The SMILES string of the molecule is CCCOC(=O)c1ccc(N2C(=O)C(Cl)=C(Nc3cccc(C(=O)Nc4cccc5ccccc45)c3)C2=O)cc1. The number of rotatable bonds is 8. The Bertz CT molecular complexity index is 1670. The molecular weight excluding hydrogens is 530 g/mol. The summed E-state index contributed by atoms with van der Waals surface area (Å²) in [5.74, 6) is -2.20. The smallest absolute Gasteiger partial charge is 0.338 e. The fourth-order valence-corrected chi connectivity index (χ4v) is 4.49. The number of carbonyl (C=O) groups is 4. The second-order valence-electron chi connectivity index (χ2n) is 9.00. The molecule has 4 aromatic carbocycles. The predicted octanol–water partition coefficient (Wildman–Crippen LogP) is 6.09. The number of amides is 3. The Balaban J connectivity index is 1.32. The van der Waals surface area contributed by atoms with E-state index in [-0.39, 0.29) is 22.3 Å². The van der Waals surface area contributed by atoms with E-state index >= 15 is 0 Å². The third-order valence-electron chi connectivity index (χ3n) is 6.26. The van der Waals surface area contributed by atoms with E-state index in [9.17, 15) is 19.2 Å². The molecule has 0 atom stereocenters. The number of esters is 1. The molecule has 4 aromatic rings. The molecule has 1 aliphatic heterocycles. The zero-order chi connectivity index (χ0) is 28.2. The molecule has 0 saturated heterocycles. The average Bonchev–Trinajstić information content (AvgIpc) is 3.19. The number of hydrogen-bond acceptors (Lipinski definition) is 6. The van der Waals surface area contributed by atoms with Crippen LogP contribution in [0.5, 0.6) is 0 Å². The number of carbonyl (C=O) groups excluding carboxylic acids is 4. The fraction of sp³-hybridized carbons (Fsp3) is 0.0968. The zero-order valence-electron chi connectivity index (χ0n) is 21.4. The molecule has 0 bridgehead atoms. The van der Waals surface area contributed by atoms with Gasteiger partial charge in [0.05, 0.1) is 17.9 Å². The Labute approximate surface area is 235 Å². The first kappa shape index (κ1) is 26.6. The van der Waals surface area contributed by atoms with Gasteiger partial charge in [-0.1, -0.05) is 61.0 Å². The maximum Gasteiger partial charge on any atom is 0.338 e. The number of benzene rings is 4. The molecule has 0 aliphatic carbocycles. The first-order valence-corrected chi connectivity index (χ1v) is 13.0. The van der Waals surface area contributed by atoms with E-state index in [1.165, 1.54) is 24.3 Å². The van der Waals surface area contributed by atoms with E-state index in [1.54, 1.807) is 24.3 Å². The zero-order valence-corrected chi connectivity index (χ0v) is 22.2. The standard InChI is InChI=1S/C31H24ClN3O5/c1-2-17-40-31(39)20-13-15-23(16-14-20)35-29(37)26(32)27(30(35)38)33-22-10-5-9-21(18-22)28(36)34-25-12-6-8-19-7-3-4-11-24(19)25/h3-16,18,33H,2,17H2,1H3,(H,34,36). The minimum atomic E-state index is -0.708. The maximum atomic E-state index is 13.2. The summed E-state index contributed by atoms with van der Waals surface area (Å²) in [4.78, 5) is 52.1. The molecule has 200 valence electrons. The molecule has 1 aliphatic rings. The summed E-state index contributed by atoms with van der Waals surface area (Å²) in [5.41, 5.74) is 1.84. The molecule has 2 N–H and O–H groups in total. The van der Waals surface area contributed by atoms with Crippen LogP contribution < -0.4 is 15.5 Å². The number of nitrogens with zero attached hydrogens (tertiary/aromatic N) is 1. The van der Waals surface area contributed by atoms with Crippen LogP contribution in [-0.2, 0) is 14.3 Å². The number of ether oxygens (including phenoxy) is 1. The number of anilines is 3. The van der Waals surface area contributed by atoms with Crippen molar-refractivity contribution in [3.63, 3.8) is 0 Å². The molecule has 9 heteroatoms. The van der Waals surface area contributed by atoms with Gasteiger partial charge in [0.1, 0.15) is 10.7 Å². The lowest BCUT2D eigenvalue weighted by Crippen LogP contribution is -2.32.